The Kier molecular flexibility index (Phi) is 4.76. The van der Waals surface area contributed by atoms with Crippen molar-refractivity contribution in [3.8, 4) is 5.75 Å². The molecule has 0 bridgehead atoms. The Morgan fingerprint density at radius 1 is 1.57 bits per heavy atom. The zero-order chi connectivity index (χ0) is 15.6. The van der Waals surface area contributed by atoms with Crippen molar-refractivity contribution >= 4 is 23.2 Å². The molecule has 2 amide bonds. The first-order valence-corrected chi connectivity index (χ1v) is 7.28. The number of likely N-dealkylation sites (N-methyl/N-ethyl adjacent to an activating group) is 1. The van der Waals surface area contributed by atoms with E-state index >= 15 is 0 Å². The summed E-state index contributed by atoms with van der Waals surface area (Å²) in [5, 5.41) is 2.77. The molecule has 1 aromatic rings. The van der Waals surface area contributed by atoms with E-state index in [0.29, 0.717) is 24.3 Å². The number of piperidine rings is 1. The van der Waals surface area contributed by atoms with E-state index in [-0.39, 0.29) is 22.6 Å². The lowest BCUT2D eigenvalue weighted by Crippen LogP contribution is -2.48. The fourth-order valence-electron chi connectivity index (χ4n) is 2.21. The molecule has 1 N–H and O–H groups in total. The number of amides is 2. The number of carbonyl (C=O) groups is 2. The average molecular weight is 318 g/mol. The smallest absolute Gasteiger partial charge is 0.387 e. The molecule has 1 aliphatic heterocycles. The van der Waals surface area contributed by atoms with Crippen LogP contribution in [0.25, 0.3) is 0 Å². The molecule has 1 unspecified atom stereocenters. The van der Waals surface area contributed by atoms with Crippen LogP contribution in [0, 0.1) is 6.92 Å². The van der Waals surface area contributed by atoms with Crippen LogP contribution < -0.4 is 10.1 Å². The Morgan fingerprint density at radius 2 is 2.29 bits per heavy atom. The van der Waals surface area contributed by atoms with Crippen LogP contribution in [0.1, 0.15) is 27.4 Å². The van der Waals surface area contributed by atoms with Gasteiger partial charge in [0, 0.05) is 30.9 Å². The second-order valence-electron chi connectivity index (χ2n) is 4.91. The van der Waals surface area contributed by atoms with Crippen LogP contribution >= 0.6 is 11.3 Å². The highest BCUT2D eigenvalue weighted by Crippen LogP contribution is 2.30. The fraction of sp³-hybridized carbons (Fsp3) is 0.538. The number of hydrogen-bond donors (Lipinski definition) is 1. The maximum absolute atomic E-state index is 12.3. The molecule has 0 aliphatic carbocycles. The van der Waals surface area contributed by atoms with Crippen LogP contribution in [0.2, 0.25) is 0 Å². The summed E-state index contributed by atoms with van der Waals surface area (Å²) in [5.41, 5.74) is 0. The lowest BCUT2D eigenvalue weighted by Gasteiger charge is -2.30. The van der Waals surface area contributed by atoms with Crippen molar-refractivity contribution in [1.29, 1.82) is 0 Å². The summed E-state index contributed by atoms with van der Waals surface area (Å²) in [6.45, 7) is -0.837. The highest BCUT2D eigenvalue weighted by molar-refractivity contribution is 7.14. The maximum Gasteiger partial charge on any atom is 0.387 e. The van der Waals surface area contributed by atoms with Gasteiger partial charge in [0.05, 0.1) is 0 Å². The summed E-state index contributed by atoms with van der Waals surface area (Å²) in [4.78, 5) is 26.0. The molecule has 0 spiro atoms. The van der Waals surface area contributed by atoms with Crippen molar-refractivity contribution in [3.05, 3.63) is 15.8 Å². The lowest BCUT2D eigenvalue weighted by atomic mass is 10.1. The normalized spacial score (nSPS) is 19.0. The molecule has 1 aromatic heterocycles. The largest absolute Gasteiger partial charge is 0.433 e. The average Bonchev–Trinajstić information content (AvgIpc) is 2.74. The van der Waals surface area contributed by atoms with E-state index in [1.54, 1.807) is 18.9 Å². The van der Waals surface area contributed by atoms with E-state index in [0.717, 1.165) is 11.3 Å². The van der Waals surface area contributed by atoms with Gasteiger partial charge in [-0.2, -0.15) is 8.78 Å². The van der Waals surface area contributed by atoms with Gasteiger partial charge in [0.1, 0.15) is 10.6 Å². The molecule has 0 saturated carbocycles. The van der Waals surface area contributed by atoms with Crippen molar-refractivity contribution in [1.82, 2.24) is 10.2 Å². The number of ether oxygens (including phenoxy) is 1. The van der Waals surface area contributed by atoms with Crippen molar-refractivity contribution in [2.24, 2.45) is 0 Å². The lowest BCUT2D eigenvalue weighted by molar-refractivity contribution is -0.132. The van der Waals surface area contributed by atoms with Gasteiger partial charge in [0.25, 0.3) is 5.91 Å². The number of hydrogen-bond acceptors (Lipinski definition) is 4. The second kappa shape index (κ2) is 6.38. The van der Waals surface area contributed by atoms with E-state index in [1.807, 2.05) is 0 Å². The molecular formula is C13H16F2N2O3S. The molecule has 0 radical (unpaired) electrons. The molecule has 1 atom stereocenters. The van der Waals surface area contributed by atoms with Crippen LogP contribution in [-0.2, 0) is 4.79 Å². The van der Waals surface area contributed by atoms with Crippen LogP contribution in [0.5, 0.6) is 5.75 Å². The van der Waals surface area contributed by atoms with Gasteiger partial charge in [-0.25, -0.2) is 0 Å². The minimum atomic E-state index is -2.97. The summed E-state index contributed by atoms with van der Waals surface area (Å²) >= 11 is 1.10. The van der Waals surface area contributed by atoms with Crippen molar-refractivity contribution in [3.63, 3.8) is 0 Å². The number of rotatable bonds is 4. The standard InChI is InChI=1S/C13H16F2N2O3S/c1-7-5-9(20-13(14)15)11(21-7)12(19)16-8-3-4-10(18)17(2)6-8/h5,8,13H,3-4,6H2,1-2H3,(H,16,19). The zero-order valence-corrected chi connectivity index (χ0v) is 12.5. The number of nitrogens with one attached hydrogen (secondary N) is 1. The van der Waals surface area contributed by atoms with E-state index in [2.05, 4.69) is 10.1 Å². The SMILES string of the molecule is Cc1cc(OC(F)F)c(C(=O)NC2CCC(=O)N(C)C2)s1. The molecule has 8 heteroatoms. The highest BCUT2D eigenvalue weighted by atomic mass is 32.1. The minimum Gasteiger partial charge on any atom is -0.433 e. The number of thiophene rings is 1. The molecule has 1 aliphatic rings. The fourth-order valence-corrected chi connectivity index (χ4v) is 3.06. The number of nitrogens with zero attached hydrogens (tertiary/aromatic N) is 1. The zero-order valence-electron chi connectivity index (χ0n) is 11.7. The van der Waals surface area contributed by atoms with E-state index in [9.17, 15) is 18.4 Å². The number of carbonyl (C=O) groups excluding carboxylic acids is 2. The van der Waals surface area contributed by atoms with Gasteiger partial charge in [-0.15, -0.1) is 11.3 Å². The first-order chi connectivity index (χ1) is 9.86. The Balaban J connectivity index is 2.05. The van der Waals surface area contributed by atoms with Crippen molar-refractivity contribution in [2.45, 2.75) is 32.4 Å². The Hall–Kier alpha value is -1.70. The van der Waals surface area contributed by atoms with Gasteiger partial charge in [0.2, 0.25) is 5.91 Å². The van der Waals surface area contributed by atoms with E-state index in [1.165, 1.54) is 6.07 Å². The Labute approximate surface area is 124 Å². The molecule has 116 valence electrons. The predicted molar refractivity (Wildman–Crippen MR) is 73.8 cm³/mol. The molecule has 1 fully saturated rings. The summed E-state index contributed by atoms with van der Waals surface area (Å²) in [7, 11) is 1.67. The number of aryl methyl sites for hydroxylation is 1. The third kappa shape index (κ3) is 3.90. The van der Waals surface area contributed by atoms with Crippen LogP contribution in [0.15, 0.2) is 6.07 Å². The van der Waals surface area contributed by atoms with Crippen molar-refractivity contribution < 1.29 is 23.1 Å². The van der Waals surface area contributed by atoms with Gasteiger partial charge in [-0.1, -0.05) is 0 Å². The topological polar surface area (TPSA) is 58.6 Å². The van der Waals surface area contributed by atoms with E-state index in [4.69, 9.17) is 0 Å². The third-order valence-corrected chi connectivity index (χ3v) is 4.24. The number of likely N-dealkylation sites (tertiary alicyclic amines) is 1. The van der Waals surface area contributed by atoms with Crippen molar-refractivity contribution in [2.75, 3.05) is 13.6 Å². The van der Waals surface area contributed by atoms with Gasteiger partial charge >= 0.3 is 6.61 Å². The second-order valence-corrected chi connectivity index (χ2v) is 6.17. The molecule has 21 heavy (non-hydrogen) atoms. The monoisotopic (exact) mass is 318 g/mol. The molecule has 1 saturated heterocycles. The molecule has 0 aromatic carbocycles. The predicted octanol–water partition coefficient (Wildman–Crippen LogP) is 2.01. The number of halogens is 2. The van der Waals surface area contributed by atoms with Crippen LogP contribution in [0.4, 0.5) is 8.78 Å². The quantitative estimate of drug-likeness (QED) is 0.924. The summed E-state index contributed by atoms with van der Waals surface area (Å²) in [6, 6.07) is 1.24. The van der Waals surface area contributed by atoms with Crippen LogP contribution in [0.3, 0.4) is 0 Å². The van der Waals surface area contributed by atoms with Gasteiger partial charge in [0.15, 0.2) is 0 Å². The molecule has 5 nitrogen and oxygen atoms in total. The third-order valence-electron chi connectivity index (χ3n) is 3.21. The summed E-state index contributed by atoms with van der Waals surface area (Å²) in [5.74, 6) is -0.518. The number of alkyl halides is 2. The Morgan fingerprint density at radius 3 is 2.90 bits per heavy atom. The van der Waals surface area contributed by atoms with Gasteiger partial charge in [-0.05, 0) is 19.4 Å². The highest BCUT2D eigenvalue weighted by Gasteiger charge is 2.26. The molecule has 2 rings (SSSR count). The Bertz CT molecular complexity index is 548. The summed E-state index contributed by atoms with van der Waals surface area (Å²) < 4.78 is 29.0. The first-order valence-electron chi connectivity index (χ1n) is 6.47. The van der Waals surface area contributed by atoms with Gasteiger partial charge in [-0.3, -0.25) is 9.59 Å². The first kappa shape index (κ1) is 15.7. The molecular weight excluding hydrogens is 302 g/mol. The van der Waals surface area contributed by atoms with Crippen LogP contribution in [-0.4, -0.2) is 43.0 Å². The van der Waals surface area contributed by atoms with Gasteiger partial charge < -0.3 is 15.0 Å². The molecule has 2 heterocycles. The van der Waals surface area contributed by atoms with E-state index < -0.39 is 12.5 Å². The maximum atomic E-state index is 12.3. The summed E-state index contributed by atoms with van der Waals surface area (Å²) in [6.07, 6.45) is 0.912. The minimum absolute atomic E-state index is 0.0363.